The van der Waals surface area contributed by atoms with E-state index in [1.807, 2.05) is 0 Å². The summed E-state index contributed by atoms with van der Waals surface area (Å²) in [4.78, 5) is 26.6. The fourth-order valence-electron chi connectivity index (χ4n) is 3.49. The Morgan fingerprint density at radius 3 is 2.81 bits per heavy atom. The number of hydrogen-bond donors (Lipinski definition) is 1. The lowest BCUT2D eigenvalue weighted by Crippen LogP contribution is -2.51. The average molecular weight is 427 g/mol. The van der Waals surface area contributed by atoms with Crippen molar-refractivity contribution in [3.8, 4) is 17.3 Å². The molecule has 3 rings (SSSR count). The van der Waals surface area contributed by atoms with Crippen molar-refractivity contribution in [1.82, 2.24) is 20.0 Å². The van der Waals surface area contributed by atoms with Gasteiger partial charge in [-0.2, -0.15) is 10.4 Å². The quantitative estimate of drug-likeness (QED) is 0.808. The highest BCUT2D eigenvalue weighted by molar-refractivity contribution is 5.77. The molecule has 8 nitrogen and oxygen atoms in total. The van der Waals surface area contributed by atoms with Crippen LogP contribution < -0.4 is 5.32 Å². The van der Waals surface area contributed by atoms with Gasteiger partial charge in [0.15, 0.2) is 0 Å². The number of amides is 2. The van der Waals surface area contributed by atoms with Crippen LogP contribution in [-0.2, 0) is 16.1 Å². The maximum absolute atomic E-state index is 14.0. The highest BCUT2D eigenvalue weighted by atomic mass is 19.1. The van der Waals surface area contributed by atoms with E-state index in [-0.39, 0.29) is 24.1 Å². The Morgan fingerprint density at radius 1 is 1.35 bits per heavy atom. The highest BCUT2D eigenvalue weighted by Crippen LogP contribution is 2.22. The summed E-state index contributed by atoms with van der Waals surface area (Å²) < 4.78 is 20.8. The Hall–Kier alpha value is -3.41. The van der Waals surface area contributed by atoms with Crippen molar-refractivity contribution >= 4 is 12.0 Å². The third-order valence-electron chi connectivity index (χ3n) is 4.88. The Kier molecular flexibility index (Phi) is 6.59. The van der Waals surface area contributed by atoms with Crippen molar-refractivity contribution in [2.24, 2.45) is 0 Å². The molecule has 1 aliphatic rings. The van der Waals surface area contributed by atoms with Gasteiger partial charge in [0.2, 0.25) is 5.91 Å². The SMILES string of the molecule is CC(C)(C)OC(=O)N[C@@H]1CCCN(C(=O)Cn2nccc2-c2ccc(C#N)c(F)c2)C1. The molecule has 0 radical (unpaired) electrons. The van der Waals surface area contributed by atoms with Crippen LogP contribution in [0.2, 0.25) is 0 Å². The van der Waals surface area contributed by atoms with Gasteiger partial charge in [0, 0.05) is 30.9 Å². The highest BCUT2D eigenvalue weighted by Gasteiger charge is 2.27. The monoisotopic (exact) mass is 427 g/mol. The van der Waals surface area contributed by atoms with Crippen LogP contribution in [0, 0.1) is 17.1 Å². The van der Waals surface area contributed by atoms with Crippen LogP contribution in [0.5, 0.6) is 0 Å². The molecule has 1 aromatic heterocycles. The number of ether oxygens (including phenoxy) is 1. The Morgan fingerprint density at radius 2 is 2.13 bits per heavy atom. The van der Waals surface area contributed by atoms with Crippen molar-refractivity contribution in [2.45, 2.75) is 51.8 Å². The molecule has 1 aromatic carbocycles. The summed E-state index contributed by atoms with van der Waals surface area (Å²) in [5.41, 5.74) is 0.486. The molecule has 9 heteroatoms. The predicted molar refractivity (Wildman–Crippen MR) is 111 cm³/mol. The molecule has 0 bridgehead atoms. The lowest BCUT2D eigenvalue weighted by molar-refractivity contribution is -0.133. The fourth-order valence-corrected chi connectivity index (χ4v) is 3.49. The van der Waals surface area contributed by atoms with Gasteiger partial charge in [-0.15, -0.1) is 0 Å². The van der Waals surface area contributed by atoms with E-state index in [9.17, 15) is 14.0 Å². The number of nitriles is 1. The van der Waals surface area contributed by atoms with Gasteiger partial charge in [0.25, 0.3) is 0 Å². The number of nitrogens with one attached hydrogen (secondary N) is 1. The van der Waals surface area contributed by atoms with Crippen LogP contribution >= 0.6 is 0 Å². The fraction of sp³-hybridized carbons (Fsp3) is 0.455. The molecule has 1 N–H and O–H groups in total. The first kappa shape index (κ1) is 22.3. The van der Waals surface area contributed by atoms with Gasteiger partial charge in [-0.25, -0.2) is 9.18 Å². The van der Waals surface area contributed by atoms with Gasteiger partial charge >= 0.3 is 6.09 Å². The third kappa shape index (κ3) is 5.81. The smallest absolute Gasteiger partial charge is 0.407 e. The number of aromatic nitrogens is 2. The number of rotatable bonds is 4. The number of carbonyl (C=O) groups excluding carboxylic acids is 2. The van der Waals surface area contributed by atoms with E-state index < -0.39 is 17.5 Å². The number of benzene rings is 1. The van der Waals surface area contributed by atoms with E-state index in [0.717, 1.165) is 12.8 Å². The number of carbonyl (C=O) groups is 2. The molecule has 0 aliphatic carbocycles. The van der Waals surface area contributed by atoms with Crippen molar-refractivity contribution in [2.75, 3.05) is 13.1 Å². The van der Waals surface area contributed by atoms with Crippen LogP contribution in [0.25, 0.3) is 11.3 Å². The first-order valence-corrected chi connectivity index (χ1v) is 10.2. The molecule has 2 heterocycles. The molecule has 0 spiro atoms. The maximum Gasteiger partial charge on any atom is 0.407 e. The zero-order chi connectivity index (χ0) is 22.6. The summed E-state index contributed by atoms with van der Waals surface area (Å²) in [6.45, 7) is 6.36. The molecule has 31 heavy (non-hydrogen) atoms. The molecule has 0 saturated carbocycles. The number of likely N-dealkylation sites (tertiary alicyclic amines) is 1. The molecule has 1 fully saturated rings. The molecule has 1 atom stereocenters. The van der Waals surface area contributed by atoms with E-state index in [0.29, 0.717) is 24.3 Å². The van der Waals surface area contributed by atoms with E-state index in [4.69, 9.17) is 10.00 Å². The molecule has 2 amide bonds. The first-order valence-electron chi connectivity index (χ1n) is 10.2. The normalized spacial score (nSPS) is 16.5. The van der Waals surface area contributed by atoms with Crippen LogP contribution in [0.1, 0.15) is 39.2 Å². The van der Waals surface area contributed by atoms with Crippen LogP contribution in [0.4, 0.5) is 9.18 Å². The van der Waals surface area contributed by atoms with E-state index in [2.05, 4.69) is 10.4 Å². The minimum absolute atomic E-state index is 0.0108. The Balaban J connectivity index is 1.65. The molecule has 2 aromatic rings. The number of alkyl carbamates (subject to hydrolysis) is 1. The summed E-state index contributed by atoms with van der Waals surface area (Å²) in [7, 11) is 0. The topological polar surface area (TPSA) is 100 Å². The van der Waals surface area contributed by atoms with Crippen molar-refractivity contribution < 1.29 is 18.7 Å². The van der Waals surface area contributed by atoms with Crippen LogP contribution in [-0.4, -0.2) is 51.4 Å². The molecule has 1 saturated heterocycles. The standard InChI is InChI=1S/C22H26FN5O3/c1-22(2,3)31-21(30)26-17-5-4-10-27(13-17)20(29)14-28-19(8-9-25-28)15-6-7-16(12-24)18(23)11-15/h6-9,11,17H,4-5,10,13-14H2,1-3H3,(H,26,30)/t17-/m1/s1. The molecular formula is C22H26FN5O3. The lowest BCUT2D eigenvalue weighted by atomic mass is 10.1. The molecular weight excluding hydrogens is 401 g/mol. The van der Waals surface area contributed by atoms with Gasteiger partial charge < -0.3 is 15.0 Å². The lowest BCUT2D eigenvalue weighted by Gasteiger charge is -2.33. The Bertz CT molecular complexity index is 1010. The molecule has 1 aliphatic heterocycles. The van der Waals surface area contributed by atoms with Crippen LogP contribution in [0.3, 0.4) is 0 Å². The first-order chi connectivity index (χ1) is 14.7. The van der Waals surface area contributed by atoms with Crippen molar-refractivity contribution in [3.05, 3.63) is 41.8 Å². The minimum Gasteiger partial charge on any atom is -0.444 e. The summed E-state index contributed by atoms with van der Waals surface area (Å²) in [5, 5.41) is 15.9. The summed E-state index contributed by atoms with van der Waals surface area (Å²) >= 11 is 0. The van der Waals surface area contributed by atoms with Crippen LogP contribution in [0.15, 0.2) is 30.5 Å². The second kappa shape index (κ2) is 9.16. The van der Waals surface area contributed by atoms with Gasteiger partial charge in [0.1, 0.15) is 24.0 Å². The number of halogens is 1. The minimum atomic E-state index is -0.619. The zero-order valence-corrected chi connectivity index (χ0v) is 17.9. The zero-order valence-electron chi connectivity index (χ0n) is 17.9. The average Bonchev–Trinajstić information content (AvgIpc) is 3.14. The molecule has 164 valence electrons. The summed E-state index contributed by atoms with van der Waals surface area (Å²) in [6.07, 6.45) is 2.57. The van der Waals surface area contributed by atoms with E-state index in [1.54, 1.807) is 50.1 Å². The Labute approximate surface area is 180 Å². The number of hydrogen-bond acceptors (Lipinski definition) is 5. The molecule has 0 unspecified atom stereocenters. The predicted octanol–water partition coefficient (Wildman–Crippen LogP) is 3.08. The second-order valence-electron chi connectivity index (χ2n) is 8.51. The largest absolute Gasteiger partial charge is 0.444 e. The number of piperidine rings is 1. The maximum atomic E-state index is 14.0. The van der Waals surface area contributed by atoms with Crippen molar-refractivity contribution in [3.63, 3.8) is 0 Å². The summed E-state index contributed by atoms with van der Waals surface area (Å²) in [5.74, 6) is -0.763. The van der Waals surface area contributed by atoms with E-state index in [1.165, 1.54) is 16.8 Å². The third-order valence-corrected chi connectivity index (χ3v) is 4.88. The second-order valence-corrected chi connectivity index (χ2v) is 8.51. The summed E-state index contributed by atoms with van der Waals surface area (Å²) in [6, 6.07) is 7.59. The van der Waals surface area contributed by atoms with Crippen molar-refractivity contribution in [1.29, 1.82) is 5.26 Å². The van der Waals surface area contributed by atoms with E-state index >= 15 is 0 Å². The van der Waals surface area contributed by atoms with Gasteiger partial charge in [-0.05, 0) is 51.8 Å². The van der Waals surface area contributed by atoms with Gasteiger partial charge in [-0.3, -0.25) is 9.48 Å². The van der Waals surface area contributed by atoms with Gasteiger partial charge in [-0.1, -0.05) is 6.07 Å². The van der Waals surface area contributed by atoms with Gasteiger partial charge in [0.05, 0.1) is 11.3 Å². The number of nitrogens with zero attached hydrogens (tertiary/aromatic N) is 4.